The molecular weight excluding hydrogens is 450 g/mol. The first-order chi connectivity index (χ1) is 17.7. The van der Waals surface area contributed by atoms with E-state index in [4.69, 9.17) is 9.97 Å². The van der Waals surface area contributed by atoms with E-state index in [0.717, 1.165) is 28.4 Å². The van der Waals surface area contributed by atoms with Crippen molar-refractivity contribution in [1.82, 2.24) is 24.5 Å². The van der Waals surface area contributed by atoms with Gasteiger partial charge in [-0.1, -0.05) is 54.6 Å². The summed E-state index contributed by atoms with van der Waals surface area (Å²) in [4.78, 5) is 18.8. The Morgan fingerprint density at radius 1 is 0.778 bits per heavy atom. The predicted molar refractivity (Wildman–Crippen MR) is 142 cm³/mol. The van der Waals surface area contributed by atoms with Gasteiger partial charge in [0, 0.05) is 23.8 Å². The van der Waals surface area contributed by atoms with Crippen LogP contribution < -0.4 is 10.6 Å². The molecule has 6 rings (SSSR count). The molecule has 36 heavy (non-hydrogen) atoms. The lowest BCUT2D eigenvalue weighted by Gasteiger charge is -2.12. The maximum atomic E-state index is 9.54. The second-order valence-corrected chi connectivity index (χ2v) is 8.37. The molecule has 0 saturated carbocycles. The van der Waals surface area contributed by atoms with Crippen LogP contribution in [0.4, 0.5) is 17.6 Å². The Morgan fingerprint density at radius 3 is 2.44 bits per heavy atom. The fourth-order valence-corrected chi connectivity index (χ4v) is 4.17. The summed E-state index contributed by atoms with van der Waals surface area (Å²) in [6.45, 7) is 0.640. The van der Waals surface area contributed by atoms with Crippen LogP contribution >= 0.6 is 0 Å². The van der Waals surface area contributed by atoms with Crippen molar-refractivity contribution >= 4 is 39.5 Å². The SMILES string of the molecule is Oc1ccc(CCNc2nc(Nc3nccc4ccccc34)nc3c2ncn3-c2ccccc2)cc1. The van der Waals surface area contributed by atoms with Crippen LogP contribution in [-0.2, 0) is 6.42 Å². The normalized spacial score (nSPS) is 11.1. The van der Waals surface area contributed by atoms with Crippen LogP contribution in [0.25, 0.3) is 27.6 Å². The van der Waals surface area contributed by atoms with Crippen molar-refractivity contribution in [3.05, 3.63) is 103 Å². The zero-order chi connectivity index (χ0) is 24.3. The molecule has 0 aliphatic rings. The maximum Gasteiger partial charge on any atom is 0.232 e. The van der Waals surface area contributed by atoms with E-state index in [9.17, 15) is 5.11 Å². The summed E-state index contributed by atoms with van der Waals surface area (Å²) in [5.74, 6) is 2.01. The van der Waals surface area contributed by atoms with E-state index in [-0.39, 0.29) is 5.75 Å². The number of phenolic OH excluding ortho intramolecular Hbond substituents is 1. The maximum absolute atomic E-state index is 9.54. The molecule has 8 heteroatoms. The Labute approximate surface area is 207 Å². The first-order valence-corrected chi connectivity index (χ1v) is 11.7. The fourth-order valence-electron chi connectivity index (χ4n) is 4.17. The Balaban J connectivity index is 1.38. The summed E-state index contributed by atoms with van der Waals surface area (Å²) >= 11 is 0. The number of anilines is 3. The number of hydrogen-bond acceptors (Lipinski definition) is 7. The van der Waals surface area contributed by atoms with Crippen LogP contribution in [0.3, 0.4) is 0 Å². The number of imidazole rings is 1. The highest BCUT2D eigenvalue weighted by molar-refractivity contribution is 5.93. The summed E-state index contributed by atoms with van der Waals surface area (Å²) in [5.41, 5.74) is 3.44. The van der Waals surface area contributed by atoms with Crippen molar-refractivity contribution in [2.24, 2.45) is 0 Å². The lowest BCUT2D eigenvalue weighted by molar-refractivity contribution is 0.475. The summed E-state index contributed by atoms with van der Waals surface area (Å²) in [7, 11) is 0. The summed E-state index contributed by atoms with van der Waals surface area (Å²) in [6, 6.07) is 27.2. The Morgan fingerprint density at radius 2 is 1.58 bits per heavy atom. The number of aromatic nitrogens is 5. The minimum Gasteiger partial charge on any atom is -0.508 e. The zero-order valence-corrected chi connectivity index (χ0v) is 19.3. The highest BCUT2D eigenvalue weighted by atomic mass is 16.3. The summed E-state index contributed by atoms with van der Waals surface area (Å²) in [6.07, 6.45) is 4.30. The molecule has 8 nitrogen and oxygen atoms in total. The third-order valence-corrected chi connectivity index (χ3v) is 5.98. The molecule has 0 unspecified atom stereocenters. The number of rotatable bonds is 7. The van der Waals surface area contributed by atoms with Crippen molar-refractivity contribution in [2.45, 2.75) is 6.42 Å². The molecule has 3 N–H and O–H groups in total. The lowest BCUT2D eigenvalue weighted by Crippen LogP contribution is -2.10. The van der Waals surface area contributed by atoms with Gasteiger partial charge in [-0.05, 0) is 47.7 Å². The number of nitrogens with one attached hydrogen (secondary N) is 2. The van der Waals surface area contributed by atoms with Crippen molar-refractivity contribution in [3.63, 3.8) is 0 Å². The Bertz CT molecular complexity index is 1640. The number of pyridine rings is 1. The van der Waals surface area contributed by atoms with Gasteiger partial charge in [0.05, 0.1) is 0 Å². The van der Waals surface area contributed by atoms with Crippen LogP contribution in [0.15, 0.2) is 97.5 Å². The van der Waals surface area contributed by atoms with Gasteiger partial charge in [0.2, 0.25) is 5.95 Å². The molecule has 0 fully saturated rings. The monoisotopic (exact) mass is 473 g/mol. The molecule has 0 atom stereocenters. The molecule has 3 aromatic heterocycles. The number of fused-ring (bicyclic) bond motifs is 2. The highest BCUT2D eigenvalue weighted by Crippen LogP contribution is 2.27. The Kier molecular flexibility index (Phi) is 5.59. The second kappa shape index (κ2) is 9.34. The van der Waals surface area contributed by atoms with Gasteiger partial charge in [-0.25, -0.2) is 9.97 Å². The summed E-state index contributed by atoms with van der Waals surface area (Å²) in [5, 5.41) is 18.4. The summed E-state index contributed by atoms with van der Waals surface area (Å²) < 4.78 is 1.95. The van der Waals surface area contributed by atoms with Crippen molar-refractivity contribution in [3.8, 4) is 11.4 Å². The van der Waals surface area contributed by atoms with E-state index in [1.807, 2.05) is 77.4 Å². The molecule has 0 spiro atoms. The number of aromatic hydroxyl groups is 1. The quantitative estimate of drug-likeness (QED) is 0.283. The van der Waals surface area contributed by atoms with E-state index in [1.54, 1.807) is 24.7 Å². The molecule has 3 aromatic carbocycles. The highest BCUT2D eigenvalue weighted by Gasteiger charge is 2.15. The number of hydrogen-bond donors (Lipinski definition) is 3. The first-order valence-electron chi connectivity index (χ1n) is 11.7. The first kappa shape index (κ1) is 21.5. The van der Waals surface area contributed by atoms with Crippen molar-refractivity contribution < 1.29 is 5.11 Å². The van der Waals surface area contributed by atoms with Gasteiger partial charge in [-0.15, -0.1) is 0 Å². The zero-order valence-electron chi connectivity index (χ0n) is 19.3. The van der Waals surface area contributed by atoms with Crippen LogP contribution in [-0.4, -0.2) is 36.2 Å². The Hall–Kier alpha value is -4.98. The molecule has 0 aliphatic heterocycles. The molecule has 0 aliphatic carbocycles. The molecular formula is C28H23N7O. The van der Waals surface area contributed by atoms with Gasteiger partial charge in [-0.2, -0.15) is 9.97 Å². The van der Waals surface area contributed by atoms with Crippen molar-refractivity contribution in [2.75, 3.05) is 17.2 Å². The standard InChI is InChI=1S/C28H23N7O/c36-22-12-10-19(11-13-22)14-16-30-26-24-27(35(18-31-24)21-7-2-1-3-8-21)34-28(33-26)32-25-23-9-5-4-6-20(23)15-17-29-25/h1-13,15,17-18,36H,14,16H2,(H2,29,30,32,33,34). The molecule has 0 radical (unpaired) electrons. The topological polar surface area (TPSA) is 101 Å². The van der Waals surface area contributed by atoms with Gasteiger partial charge in [0.25, 0.3) is 0 Å². The molecule has 176 valence electrons. The van der Waals surface area contributed by atoms with Crippen LogP contribution in [0.2, 0.25) is 0 Å². The lowest BCUT2D eigenvalue weighted by atomic mass is 10.1. The molecule has 0 saturated heterocycles. The van der Waals surface area contributed by atoms with E-state index in [2.05, 4.69) is 20.6 Å². The van der Waals surface area contributed by atoms with E-state index in [1.165, 1.54) is 0 Å². The van der Waals surface area contributed by atoms with Crippen LogP contribution in [0, 0.1) is 0 Å². The number of nitrogens with zero attached hydrogens (tertiary/aromatic N) is 5. The minimum atomic E-state index is 0.258. The van der Waals surface area contributed by atoms with Gasteiger partial charge < -0.3 is 15.7 Å². The molecule has 3 heterocycles. The second-order valence-electron chi connectivity index (χ2n) is 8.37. The number of para-hydroxylation sites is 1. The van der Waals surface area contributed by atoms with Gasteiger partial charge >= 0.3 is 0 Å². The van der Waals surface area contributed by atoms with E-state index < -0.39 is 0 Å². The minimum absolute atomic E-state index is 0.258. The fraction of sp³-hybridized carbons (Fsp3) is 0.0714. The number of phenols is 1. The van der Waals surface area contributed by atoms with Crippen molar-refractivity contribution in [1.29, 1.82) is 0 Å². The average molecular weight is 474 g/mol. The predicted octanol–water partition coefficient (Wildman–Crippen LogP) is 5.47. The largest absolute Gasteiger partial charge is 0.508 e. The van der Waals surface area contributed by atoms with Crippen LogP contribution in [0.5, 0.6) is 5.75 Å². The number of benzene rings is 3. The van der Waals surface area contributed by atoms with Crippen LogP contribution in [0.1, 0.15) is 5.56 Å². The smallest absolute Gasteiger partial charge is 0.232 e. The third kappa shape index (κ3) is 4.27. The van der Waals surface area contributed by atoms with Gasteiger partial charge in [-0.3, -0.25) is 4.57 Å². The molecule has 6 aromatic rings. The average Bonchev–Trinajstić information content (AvgIpc) is 3.35. The van der Waals surface area contributed by atoms with Gasteiger partial charge in [0.1, 0.15) is 17.9 Å². The molecule has 0 amide bonds. The molecule has 0 bridgehead atoms. The van der Waals surface area contributed by atoms with Gasteiger partial charge in [0.15, 0.2) is 17.0 Å². The third-order valence-electron chi connectivity index (χ3n) is 5.98. The van der Waals surface area contributed by atoms with E-state index >= 15 is 0 Å². The van der Waals surface area contributed by atoms with E-state index in [0.29, 0.717) is 35.3 Å².